The van der Waals surface area contributed by atoms with E-state index in [1.807, 2.05) is 12.5 Å². The minimum absolute atomic E-state index is 0.501. The number of rotatable bonds is 9. The van der Waals surface area contributed by atoms with Crippen molar-refractivity contribution < 1.29 is 0 Å². The van der Waals surface area contributed by atoms with E-state index in [4.69, 9.17) is 0 Å². The minimum Gasteiger partial charge on any atom is -0.337 e. The van der Waals surface area contributed by atoms with Crippen LogP contribution in [0.5, 0.6) is 0 Å². The van der Waals surface area contributed by atoms with Crippen LogP contribution in [0.3, 0.4) is 0 Å². The van der Waals surface area contributed by atoms with E-state index in [9.17, 15) is 0 Å². The van der Waals surface area contributed by atoms with Crippen LogP contribution in [-0.4, -0.2) is 25.1 Å². The van der Waals surface area contributed by atoms with Crippen LogP contribution in [0.2, 0.25) is 0 Å². The molecule has 0 bridgehead atoms. The highest BCUT2D eigenvalue weighted by atomic mass is 32.2. The zero-order valence-electron chi connectivity index (χ0n) is 13.6. The molecule has 0 atom stereocenters. The van der Waals surface area contributed by atoms with Crippen molar-refractivity contribution in [1.29, 1.82) is 0 Å². The van der Waals surface area contributed by atoms with Gasteiger partial charge in [-0.2, -0.15) is 0 Å². The second kappa shape index (κ2) is 9.14. The molecule has 4 heteroatoms. The summed E-state index contributed by atoms with van der Waals surface area (Å²) >= 11 is 4.50. The molecule has 1 saturated heterocycles. The van der Waals surface area contributed by atoms with Gasteiger partial charge in [-0.05, 0) is 36.7 Å². The van der Waals surface area contributed by atoms with Crippen LogP contribution in [0.4, 0.5) is 0 Å². The maximum absolute atomic E-state index is 4.14. The van der Waals surface area contributed by atoms with Crippen molar-refractivity contribution in [2.24, 2.45) is 5.92 Å². The number of thioether (sulfide) groups is 2. The third-order valence-corrected chi connectivity index (χ3v) is 8.25. The molecule has 0 unspecified atom stereocenters. The molecule has 1 aliphatic heterocycles. The molecule has 0 aliphatic carbocycles. The van der Waals surface area contributed by atoms with E-state index >= 15 is 0 Å². The highest BCUT2D eigenvalue weighted by Gasteiger charge is 2.34. The Balaban J connectivity index is 1.79. The van der Waals surface area contributed by atoms with Crippen molar-refractivity contribution in [3.05, 3.63) is 18.7 Å². The van der Waals surface area contributed by atoms with Crippen molar-refractivity contribution in [1.82, 2.24) is 9.55 Å². The Bertz CT molecular complexity index is 370. The summed E-state index contributed by atoms with van der Waals surface area (Å²) in [7, 11) is 0. The van der Waals surface area contributed by atoms with Crippen molar-refractivity contribution in [3.8, 4) is 0 Å². The second-order valence-corrected chi connectivity index (χ2v) is 9.42. The molecule has 120 valence electrons. The van der Waals surface area contributed by atoms with E-state index in [0.717, 1.165) is 12.5 Å². The first-order valence-corrected chi connectivity index (χ1v) is 10.4. The fourth-order valence-electron chi connectivity index (χ4n) is 2.86. The molecule has 0 spiro atoms. The molecular formula is C17H30N2S2. The Hall–Kier alpha value is -0.0900. The van der Waals surface area contributed by atoms with Gasteiger partial charge in [0.25, 0.3) is 0 Å². The monoisotopic (exact) mass is 326 g/mol. The predicted octanol–water partition coefficient (Wildman–Crippen LogP) is 5.45. The van der Waals surface area contributed by atoms with Crippen molar-refractivity contribution in [2.75, 3.05) is 11.5 Å². The molecule has 0 radical (unpaired) electrons. The number of hydrogen-bond acceptors (Lipinski definition) is 3. The number of aryl methyl sites for hydroxylation is 1. The van der Waals surface area contributed by atoms with E-state index < -0.39 is 0 Å². The number of hydrogen-bond donors (Lipinski definition) is 0. The summed E-state index contributed by atoms with van der Waals surface area (Å²) in [5.74, 6) is 3.59. The van der Waals surface area contributed by atoms with E-state index in [2.05, 4.69) is 53.1 Å². The molecule has 2 heterocycles. The lowest BCUT2D eigenvalue weighted by atomic mass is 10.1. The molecule has 0 N–H and O–H groups in total. The fourth-order valence-corrected chi connectivity index (χ4v) is 6.32. The molecule has 1 aromatic rings. The average Bonchev–Trinajstić information content (AvgIpc) is 3.00. The normalized spacial score (nSPS) is 26.1. The van der Waals surface area contributed by atoms with Gasteiger partial charge in [-0.1, -0.05) is 39.5 Å². The van der Waals surface area contributed by atoms with Crippen molar-refractivity contribution in [3.63, 3.8) is 0 Å². The van der Waals surface area contributed by atoms with Gasteiger partial charge in [0.05, 0.1) is 10.4 Å². The summed E-state index contributed by atoms with van der Waals surface area (Å²) < 4.78 is 2.71. The predicted molar refractivity (Wildman–Crippen MR) is 97.0 cm³/mol. The maximum atomic E-state index is 4.14. The van der Waals surface area contributed by atoms with Gasteiger partial charge in [-0.15, -0.1) is 23.5 Å². The van der Waals surface area contributed by atoms with Gasteiger partial charge in [-0.25, -0.2) is 4.98 Å². The second-order valence-electron chi connectivity index (χ2n) is 6.35. The zero-order chi connectivity index (χ0) is 15.0. The maximum Gasteiger partial charge on any atom is 0.0945 e. The van der Waals surface area contributed by atoms with E-state index in [1.165, 1.54) is 56.5 Å². The van der Waals surface area contributed by atoms with Gasteiger partial charge in [0, 0.05) is 18.9 Å². The summed E-state index contributed by atoms with van der Waals surface area (Å²) in [5.41, 5.74) is 0. The molecule has 0 saturated carbocycles. The smallest absolute Gasteiger partial charge is 0.0945 e. The van der Waals surface area contributed by atoms with Crippen LogP contribution >= 0.6 is 23.5 Å². The lowest BCUT2D eigenvalue weighted by molar-refractivity contribution is 0.526. The lowest BCUT2D eigenvalue weighted by Gasteiger charge is -2.38. The summed E-state index contributed by atoms with van der Waals surface area (Å²) in [4.78, 5) is 4.14. The molecule has 1 fully saturated rings. The third kappa shape index (κ3) is 5.90. The molecule has 1 aliphatic rings. The first-order chi connectivity index (χ1) is 10.2. The van der Waals surface area contributed by atoms with Crippen LogP contribution < -0.4 is 0 Å². The number of aromatic nitrogens is 2. The molecule has 21 heavy (non-hydrogen) atoms. The summed E-state index contributed by atoms with van der Waals surface area (Å²) in [6.07, 6.45) is 15.5. The van der Waals surface area contributed by atoms with Gasteiger partial charge in [0.1, 0.15) is 0 Å². The topological polar surface area (TPSA) is 17.8 Å². The van der Waals surface area contributed by atoms with E-state index in [-0.39, 0.29) is 0 Å². The Labute approximate surface area is 138 Å². The highest BCUT2D eigenvalue weighted by Crippen LogP contribution is 2.50. The minimum atomic E-state index is 0.501. The van der Waals surface area contributed by atoms with Gasteiger partial charge in [-0.3, -0.25) is 0 Å². The first kappa shape index (κ1) is 17.3. The van der Waals surface area contributed by atoms with Crippen LogP contribution in [0.1, 0.15) is 58.8 Å². The van der Waals surface area contributed by atoms with Crippen molar-refractivity contribution in [2.45, 2.75) is 69.4 Å². The zero-order valence-corrected chi connectivity index (χ0v) is 15.2. The third-order valence-electron chi connectivity index (χ3n) is 4.21. The fraction of sp³-hybridized carbons (Fsp3) is 0.824. The summed E-state index contributed by atoms with van der Waals surface area (Å²) in [5, 5.41) is 0. The Morgan fingerprint density at radius 2 is 1.90 bits per heavy atom. The molecule has 0 amide bonds. The Morgan fingerprint density at radius 1 is 1.14 bits per heavy atom. The quantitative estimate of drug-likeness (QED) is 0.562. The van der Waals surface area contributed by atoms with Crippen LogP contribution in [0, 0.1) is 5.92 Å². The number of imidazole rings is 1. The first-order valence-electron chi connectivity index (χ1n) is 8.48. The lowest BCUT2D eigenvalue weighted by Crippen LogP contribution is -2.29. The average molecular weight is 327 g/mol. The highest BCUT2D eigenvalue weighted by molar-refractivity contribution is 8.18. The molecular weight excluding hydrogens is 296 g/mol. The van der Waals surface area contributed by atoms with Crippen LogP contribution in [0.25, 0.3) is 0 Å². The SMILES string of the molecule is CCCCCCC1(CCCn2ccnc2)SCC(C)CS1. The van der Waals surface area contributed by atoms with Crippen molar-refractivity contribution >= 4 is 23.5 Å². The number of nitrogens with zero attached hydrogens (tertiary/aromatic N) is 2. The van der Waals surface area contributed by atoms with Gasteiger partial charge in [0.15, 0.2) is 0 Å². The largest absolute Gasteiger partial charge is 0.337 e. The van der Waals surface area contributed by atoms with E-state index in [1.54, 1.807) is 0 Å². The summed E-state index contributed by atoms with van der Waals surface area (Å²) in [6, 6.07) is 0. The van der Waals surface area contributed by atoms with Gasteiger partial charge in [0.2, 0.25) is 0 Å². The molecule has 0 aromatic carbocycles. The number of unbranched alkanes of at least 4 members (excludes halogenated alkanes) is 3. The molecule has 2 rings (SSSR count). The van der Waals surface area contributed by atoms with Crippen LogP contribution in [-0.2, 0) is 6.54 Å². The Kier molecular flexibility index (Phi) is 7.51. The summed E-state index contributed by atoms with van der Waals surface area (Å²) in [6.45, 7) is 5.81. The molecule has 2 nitrogen and oxygen atoms in total. The standard InChI is InChI=1S/C17H30N2S2/c1-3-4-5-6-8-17(20-13-16(2)14-21-17)9-7-11-19-12-10-18-15-19/h10,12,15-16H,3-9,11,13-14H2,1-2H3. The molecule has 1 aromatic heterocycles. The van der Waals surface area contributed by atoms with Gasteiger partial charge < -0.3 is 4.57 Å². The van der Waals surface area contributed by atoms with Crippen LogP contribution in [0.15, 0.2) is 18.7 Å². The Morgan fingerprint density at radius 3 is 2.57 bits per heavy atom. The van der Waals surface area contributed by atoms with Gasteiger partial charge >= 0.3 is 0 Å². The van der Waals surface area contributed by atoms with E-state index in [0.29, 0.717) is 4.08 Å².